The average Bonchev–Trinajstić information content (AvgIpc) is 2.64. The van der Waals surface area contributed by atoms with Gasteiger partial charge in [-0.1, -0.05) is 12.0 Å². The van der Waals surface area contributed by atoms with E-state index in [1.165, 1.54) is 0 Å². The largest absolute Gasteiger partial charge is 0.465 e. The fraction of sp³-hybridized carbons (Fsp3) is 0.389. The monoisotopic (exact) mass is 392 g/mol. The second kappa shape index (κ2) is 12.2. The number of benzene rings is 1. The molecule has 28 heavy (non-hydrogen) atoms. The van der Waals surface area contributed by atoms with E-state index < -0.39 is 24.1 Å². The lowest BCUT2D eigenvalue weighted by molar-refractivity contribution is -0.118. The van der Waals surface area contributed by atoms with E-state index in [-0.39, 0.29) is 32.8 Å². The molecule has 1 rings (SSSR count). The van der Waals surface area contributed by atoms with E-state index >= 15 is 0 Å². The Hall–Kier alpha value is -3.29. The number of hydrogen-bond acceptors (Lipinski definition) is 5. The summed E-state index contributed by atoms with van der Waals surface area (Å²) in [6.07, 6.45) is 4.29. The van der Waals surface area contributed by atoms with Gasteiger partial charge in [-0.05, 0) is 36.1 Å². The van der Waals surface area contributed by atoms with E-state index in [4.69, 9.17) is 22.0 Å². The van der Waals surface area contributed by atoms with Crippen molar-refractivity contribution in [2.75, 3.05) is 18.5 Å². The number of nitrogens with one attached hydrogen (secondary N) is 3. The Balaban J connectivity index is 2.79. The molecular formula is C18H24N4O6. The lowest BCUT2D eigenvalue weighted by Crippen LogP contribution is -2.43. The Morgan fingerprint density at radius 1 is 1.29 bits per heavy atom. The van der Waals surface area contributed by atoms with E-state index in [9.17, 15) is 19.5 Å². The van der Waals surface area contributed by atoms with Crippen LogP contribution >= 0.6 is 0 Å². The minimum absolute atomic E-state index is 0.103. The molecule has 4 amide bonds. The summed E-state index contributed by atoms with van der Waals surface area (Å²) in [7, 11) is 0. The van der Waals surface area contributed by atoms with Gasteiger partial charge >= 0.3 is 12.1 Å². The lowest BCUT2D eigenvalue weighted by Gasteiger charge is -2.18. The van der Waals surface area contributed by atoms with Crippen molar-refractivity contribution in [1.82, 2.24) is 10.6 Å². The number of terminal acetylenes is 1. The molecule has 152 valence electrons. The van der Waals surface area contributed by atoms with Crippen LogP contribution in [0.25, 0.3) is 0 Å². The molecule has 10 nitrogen and oxygen atoms in total. The van der Waals surface area contributed by atoms with Crippen LogP contribution in [0.4, 0.5) is 15.3 Å². The zero-order valence-electron chi connectivity index (χ0n) is 15.2. The van der Waals surface area contributed by atoms with Gasteiger partial charge in [-0.3, -0.25) is 4.79 Å². The maximum absolute atomic E-state index is 12.4. The molecule has 0 radical (unpaired) electrons. The number of carbonyl (C=O) groups is 3. The normalized spacial score (nSPS) is 11.1. The van der Waals surface area contributed by atoms with Crippen molar-refractivity contribution in [2.24, 2.45) is 5.73 Å². The van der Waals surface area contributed by atoms with Gasteiger partial charge in [0.05, 0.1) is 13.2 Å². The Morgan fingerprint density at radius 2 is 2.04 bits per heavy atom. The number of nitrogens with two attached hydrogens (primary N) is 1. The summed E-state index contributed by atoms with van der Waals surface area (Å²) in [6.45, 7) is 0.256. The summed E-state index contributed by atoms with van der Waals surface area (Å²) in [5.41, 5.74) is 6.63. The molecule has 7 N–H and O–H groups in total. The lowest BCUT2D eigenvalue weighted by atomic mass is 10.1. The van der Waals surface area contributed by atoms with Gasteiger partial charge in [0.2, 0.25) is 5.91 Å². The third kappa shape index (κ3) is 8.39. The van der Waals surface area contributed by atoms with Gasteiger partial charge in [-0.15, -0.1) is 6.42 Å². The number of aliphatic hydroxyl groups is 1. The molecule has 0 spiro atoms. The van der Waals surface area contributed by atoms with Crippen molar-refractivity contribution < 1.29 is 29.3 Å². The minimum atomic E-state index is -1.35. The molecule has 10 heteroatoms. The summed E-state index contributed by atoms with van der Waals surface area (Å²) in [5.74, 6) is 1.77. The van der Waals surface area contributed by atoms with E-state index in [2.05, 4.69) is 21.9 Å². The first-order valence-electron chi connectivity index (χ1n) is 8.44. The van der Waals surface area contributed by atoms with Crippen molar-refractivity contribution in [1.29, 1.82) is 0 Å². The highest BCUT2D eigenvalue weighted by Crippen LogP contribution is 2.18. The highest BCUT2D eigenvalue weighted by Gasteiger charge is 2.20. The van der Waals surface area contributed by atoms with Crippen molar-refractivity contribution in [3.05, 3.63) is 29.3 Å². The predicted molar refractivity (Wildman–Crippen MR) is 101 cm³/mol. The van der Waals surface area contributed by atoms with Crippen LogP contribution < -0.4 is 21.7 Å². The number of hydrogen-bond donors (Lipinski definition) is 6. The van der Waals surface area contributed by atoms with Gasteiger partial charge in [-0.25, -0.2) is 9.59 Å². The number of rotatable bonds is 11. The number of amides is 4. The Morgan fingerprint density at radius 3 is 2.64 bits per heavy atom. The molecule has 1 unspecified atom stereocenters. The van der Waals surface area contributed by atoms with Crippen molar-refractivity contribution in [3.8, 4) is 12.3 Å². The van der Waals surface area contributed by atoms with Crippen LogP contribution in [0, 0.1) is 12.3 Å². The molecular weight excluding hydrogens is 368 g/mol. The fourth-order valence-electron chi connectivity index (χ4n) is 2.38. The third-order valence-electron chi connectivity index (χ3n) is 3.67. The molecule has 1 aromatic carbocycles. The van der Waals surface area contributed by atoms with Crippen molar-refractivity contribution >= 4 is 23.7 Å². The van der Waals surface area contributed by atoms with Gasteiger partial charge in [-0.2, -0.15) is 0 Å². The fourth-order valence-corrected chi connectivity index (χ4v) is 2.38. The number of primary amides is 1. The first-order valence-corrected chi connectivity index (χ1v) is 8.44. The maximum atomic E-state index is 12.4. The van der Waals surface area contributed by atoms with E-state index in [1.54, 1.807) is 18.2 Å². The average molecular weight is 392 g/mol. The second-order valence-corrected chi connectivity index (χ2v) is 5.76. The van der Waals surface area contributed by atoms with Crippen LogP contribution in [0.5, 0.6) is 0 Å². The van der Waals surface area contributed by atoms with Gasteiger partial charge < -0.3 is 36.6 Å². The molecule has 0 fully saturated rings. The van der Waals surface area contributed by atoms with Crippen LogP contribution in [0.1, 0.15) is 24.0 Å². The molecule has 0 aliphatic rings. The SMILES string of the molecule is C#CCOCc1cc(NC(=O)C(CCCNC(N)=O)NC(=O)O)ccc1CO. The number of carbonyl (C=O) groups excluding carboxylic acids is 2. The number of ether oxygens (including phenoxy) is 1. The molecule has 0 bridgehead atoms. The standard InChI is InChI=1S/C18H24N4O6/c1-2-8-28-11-13-9-14(6-5-12(13)10-23)21-16(24)15(22-18(26)27)4-3-7-20-17(19)25/h1,5-6,9,15,22-23H,3-4,7-8,10-11H2,(H,21,24)(H,26,27)(H3,19,20,25). The van der Waals surface area contributed by atoms with Gasteiger partial charge in [0.15, 0.2) is 0 Å². The second-order valence-electron chi connectivity index (χ2n) is 5.76. The van der Waals surface area contributed by atoms with Gasteiger partial charge in [0.25, 0.3) is 0 Å². The summed E-state index contributed by atoms with van der Waals surface area (Å²) in [4.78, 5) is 34.1. The molecule has 0 aromatic heterocycles. The molecule has 0 saturated carbocycles. The zero-order valence-corrected chi connectivity index (χ0v) is 15.2. The molecule has 0 aliphatic heterocycles. The Kier molecular flexibility index (Phi) is 9.88. The van der Waals surface area contributed by atoms with Crippen LogP contribution in [-0.2, 0) is 22.7 Å². The summed E-state index contributed by atoms with van der Waals surface area (Å²) < 4.78 is 5.26. The Labute approximate surface area is 162 Å². The van der Waals surface area contributed by atoms with Crippen molar-refractivity contribution in [3.63, 3.8) is 0 Å². The van der Waals surface area contributed by atoms with E-state index in [1.807, 2.05) is 0 Å². The molecule has 0 aliphatic carbocycles. The van der Waals surface area contributed by atoms with Crippen LogP contribution in [-0.4, -0.2) is 47.4 Å². The smallest absolute Gasteiger partial charge is 0.405 e. The molecule has 1 atom stereocenters. The summed E-state index contributed by atoms with van der Waals surface area (Å²) in [6, 6.07) is 3.11. The number of carboxylic acid groups (broad SMARTS) is 1. The third-order valence-corrected chi connectivity index (χ3v) is 3.67. The van der Waals surface area contributed by atoms with Gasteiger partial charge in [0.1, 0.15) is 12.6 Å². The minimum Gasteiger partial charge on any atom is -0.465 e. The summed E-state index contributed by atoms with van der Waals surface area (Å²) >= 11 is 0. The topological polar surface area (TPSA) is 163 Å². The Bertz CT molecular complexity index is 731. The predicted octanol–water partition coefficient (Wildman–Crippen LogP) is 0.352. The molecule has 0 heterocycles. The molecule has 1 aromatic rings. The number of anilines is 1. The maximum Gasteiger partial charge on any atom is 0.405 e. The number of urea groups is 1. The molecule has 0 saturated heterocycles. The van der Waals surface area contributed by atoms with Gasteiger partial charge in [0, 0.05) is 12.2 Å². The van der Waals surface area contributed by atoms with Crippen LogP contribution in [0.15, 0.2) is 18.2 Å². The van der Waals surface area contributed by atoms with Crippen LogP contribution in [0.3, 0.4) is 0 Å². The zero-order chi connectivity index (χ0) is 20.9. The van der Waals surface area contributed by atoms with E-state index in [0.717, 1.165) is 0 Å². The quantitative estimate of drug-likeness (QED) is 0.235. The first-order chi connectivity index (χ1) is 13.4. The highest BCUT2D eigenvalue weighted by molar-refractivity contribution is 5.96. The highest BCUT2D eigenvalue weighted by atomic mass is 16.5. The van der Waals surface area contributed by atoms with Crippen LogP contribution in [0.2, 0.25) is 0 Å². The number of aliphatic hydroxyl groups excluding tert-OH is 1. The summed E-state index contributed by atoms with van der Waals surface area (Å²) in [5, 5.41) is 25.5. The van der Waals surface area contributed by atoms with E-state index in [0.29, 0.717) is 23.2 Å². The van der Waals surface area contributed by atoms with Crippen molar-refractivity contribution in [2.45, 2.75) is 32.1 Å². The first kappa shape index (κ1) is 22.8.